The Labute approximate surface area is 99.4 Å². The van der Waals surface area contributed by atoms with E-state index >= 15 is 0 Å². The Morgan fingerprint density at radius 3 is 2.76 bits per heavy atom. The van der Waals surface area contributed by atoms with Crippen molar-refractivity contribution in [1.29, 1.82) is 0 Å². The van der Waals surface area contributed by atoms with Crippen LogP contribution in [0.15, 0.2) is 24.3 Å². The summed E-state index contributed by atoms with van der Waals surface area (Å²) in [5, 5.41) is 0.677. The molecule has 4 heteroatoms. The molecule has 0 aliphatic rings. The highest BCUT2D eigenvalue weighted by atomic mass is 19.1. The maximum Gasteiger partial charge on any atom is 0.131 e. The zero-order valence-corrected chi connectivity index (χ0v) is 9.90. The Balaban J connectivity index is 2.63. The molecule has 0 spiro atoms. The number of hydrogen-bond donors (Lipinski definition) is 1. The van der Waals surface area contributed by atoms with Gasteiger partial charge in [-0.3, -0.25) is 4.98 Å². The quantitative estimate of drug-likeness (QED) is 0.888. The van der Waals surface area contributed by atoms with E-state index in [1.807, 2.05) is 13.8 Å². The molecule has 0 radical (unpaired) electrons. The van der Waals surface area contributed by atoms with Crippen LogP contribution in [0, 0.1) is 5.82 Å². The molecule has 0 unspecified atom stereocenters. The minimum atomic E-state index is -0.298. The third-order valence-corrected chi connectivity index (χ3v) is 2.36. The molecule has 1 aromatic carbocycles. The van der Waals surface area contributed by atoms with Gasteiger partial charge in [0, 0.05) is 18.0 Å². The van der Waals surface area contributed by atoms with Crippen LogP contribution in [0.3, 0.4) is 0 Å². The first-order valence-corrected chi connectivity index (χ1v) is 5.56. The normalized spacial score (nSPS) is 11.1. The van der Waals surface area contributed by atoms with Gasteiger partial charge in [-0.1, -0.05) is 0 Å². The molecule has 1 aromatic heterocycles. The van der Waals surface area contributed by atoms with E-state index < -0.39 is 0 Å². The highest BCUT2D eigenvalue weighted by Gasteiger charge is 2.08. The summed E-state index contributed by atoms with van der Waals surface area (Å²) in [6.45, 7) is 4.18. The number of benzene rings is 1. The number of nitrogens with two attached hydrogens (primary N) is 1. The first-order chi connectivity index (χ1) is 8.10. The number of ether oxygens (including phenoxy) is 1. The minimum absolute atomic E-state index is 0.0227. The number of rotatable bonds is 3. The molecule has 2 aromatic rings. The predicted octanol–water partition coefficient (Wildman–Crippen LogP) is 2.62. The van der Waals surface area contributed by atoms with Crippen LogP contribution in [0.1, 0.15) is 19.5 Å². The van der Waals surface area contributed by atoms with Crippen molar-refractivity contribution < 1.29 is 9.13 Å². The molecule has 0 aliphatic heterocycles. The van der Waals surface area contributed by atoms with Gasteiger partial charge < -0.3 is 10.5 Å². The van der Waals surface area contributed by atoms with Gasteiger partial charge in [0.05, 0.1) is 17.3 Å². The van der Waals surface area contributed by atoms with Crippen molar-refractivity contribution >= 4 is 10.9 Å². The number of aromatic nitrogens is 1. The molecule has 3 nitrogen and oxygen atoms in total. The molecule has 17 heavy (non-hydrogen) atoms. The highest BCUT2D eigenvalue weighted by molar-refractivity contribution is 5.85. The lowest BCUT2D eigenvalue weighted by atomic mass is 10.1. The summed E-state index contributed by atoms with van der Waals surface area (Å²) in [6, 6.07) is 6.22. The smallest absolute Gasteiger partial charge is 0.131 e. The van der Waals surface area contributed by atoms with E-state index in [2.05, 4.69) is 4.98 Å². The Bertz CT molecular complexity index is 540. The summed E-state index contributed by atoms with van der Waals surface area (Å²) in [7, 11) is 0. The lowest BCUT2D eigenvalue weighted by Gasteiger charge is -2.13. The average Bonchev–Trinajstić information content (AvgIpc) is 2.28. The van der Waals surface area contributed by atoms with Crippen LogP contribution in [0.5, 0.6) is 5.75 Å². The lowest BCUT2D eigenvalue weighted by Crippen LogP contribution is -2.08. The van der Waals surface area contributed by atoms with E-state index in [1.54, 1.807) is 12.1 Å². The summed E-state index contributed by atoms with van der Waals surface area (Å²) < 4.78 is 18.9. The van der Waals surface area contributed by atoms with Crippen LogP contribution in [0.2, 0.25) is 0 Å². The first-order valence-electron chi connectivity index (χ1n) is 5.56. The van der Waals surface area contributed by atoms with Gasteiger partial charge in [-0.2, -0.15) is 0 Å². The van der Waals surface area contributed by atoms with E-state index in [-0.39, 0.29) is 11.9 Å². The zero-order chi connectivity index (χ0) is 12.4. The molecule has 0 atom stereocenters. The fourth-order valence-corrected chi connectivity index (χ4v) is 1.68. The molecule has 0 bridgehead atoms. The van der Waals surface area contributed by atoms with Gasteiger partial charge in [0.2, 0.25) is 0 Å². The summed E-state index contributed by atoms with van der Waals surface area (Å²) in [6.07, 6.45) is 0.0227. The number of nitrogens with zero attached hydrogens (tertiary/aromatic N) is 1. The van der Waals surface area contributed by atoms with Gasteiger partial charge in [0.1, 0.15) is 11.6 Å². The van der Waals surface area contributed by atoms with Crippen LogP contribution >= 0.6 is 0 Å². The fraction of sp³-hybridized carbons (Fsp3) is 0.308. The molecule has 0 saturated heterocycles. The maximum atomic E-state index is 13.2. The van der Waals surface area contributed by atoms with Gasteiger partial charge >= 0.3 is 0 Å². The summed E-state index contributed by atoms with van der Waals surface area (Å²) in [5.74, 6) is 0.332. The number of hydrogen-bond acceptors (Lipinski definition) is 3. The number of pyridine rings is 1. The Kier molecular flexibility index (Phi) is 3.24. The Morgan fingerprint density at radius 1 is 1.35 bits per heavy atom. The number of fused-ring (bicyclic) bond motifs is 1. The van der Waals surface area contributed by atoms with Gasteiger partial charge in [-0.15, -0.1) is 0 Å². The third kappa shape index (κ3) is 2.53. The monoisotopic (exact) mass is 234 g/mol. The first kappa shape index (κ1) is 11.8. The molecule has 2 N–H and O–H groups in total. The van der Waals surface area contributed by atoms with Crippen molar-refractivity contribution in [3.63, 3.8) is 0 Å². The predicted molar refractivity (Wildman–Crippen MR) is 65.4 cm³/mol. The lowest BCUT2D eigenvalue weighted by molar-refractivity contribution is 0.245. The van der Waals surface area contributed by atoms with Crippen LogP contribution in [0.25, 0.3) is 10.9 Å². The molecular formula is C13H15FN2O. The average molecular weight is 234 g/mol. The second-order valence-corrected chi connectivity index (χ2v) is 4.14. The van der Waals surface area contributed by atoms with Crippen molar-refractivity contribution in [2.45, 2.75) is 26.5 Å². The SMILES string of the molecule is CC(C)Oc1cc(CN)nc2ccc(F)cc12. The Morgan fingerprint density at radius 2 is 2.12 bits per heavy atom. The van der Waals surface area contributed by atoms with Crippen molar-refractivity contribution in [2.24, 2.45) is 5.73 Å². The topological polar surface area (TPSA) is 48.1 Å². The summed E-state index contributed by atoms with van der Waals surface area (Å²) >= 11 is 0. The van der Waals surface area contributed by atoms with Crippen molar-refractivity contribution in [1.82, 2.24) is 4.98 Å². The zero-order valence-electron chi connectivity index (χ0n) is 9.90. The van der Waals surface area contributed by atoms with Crippen LogP contribution in [-0.4, -0.2) is 11.1 Å². The standard InChI is InChI=1S/C13H15FN2O/c1-8(2)17-13-6-10(7-15)16-12-4-3-9(14)5-11(12)13/h3-6,8H,7,15H2,1-2H3. The van der Waals surface area contributed by atoms with Crippen molar-refractivity contribution in [2.75, 3.05) is 0 Å². The maximum absolute atomic E-state index is 13.2. The fourth-order valence-electron chi connectivity index (χ4n) is 1.68. The molecule has 0 aliphatic carbocycles. The number of halogens is 1. The van der Waals surface area contributed by atoms with Crippen LogP contribution in [0.4, 0.5) is 4.39 Å². The van der Waals surface area contributed by atoms with Gasteiger partial charge in [-0.25, -0.2) is 4.39 Å². The second kappa shape index (κ2) is 4.67. The Hall–Kier alpha value is -1.68. The molecular weight excluding hydrogens is 219 g/mol. The van der Waals surface area contributed by atoms with E-state index in [4.69, 9.17) is 10.5 Å². The largest absolute Gasteiger partial charge is 0.490 e. The van der Waals surface area contributed by atoms with Crippen molar-refractivity contribution in [3.8, 4) is 5.75 Å². The summed E-state index contributed by atoms with van der Waals surface area (Å²) in [4.78, 5) is 4.33. The van der Waals surface area contributed by atoms with Crippen LogP contribution in [-0.2, 0) is 6.54 Å². The molecule has 0 fully saturated rings. The second-order valence-electron chi connectivity index (χ2n) is 4.14. The molecule has 0 saturated carbocycles. The van der Waals surface area contributed by atoms with E-state index in [1.165, 1.54) is 12.1 Å². The van der Waals surface area contributed by atoms with E-state index in [0.717, 1.165) is 5.69 Å². The van der Waals surface area contributed by atoms with Gasteiger partial charge in [-0.05, 0) is 32.0 Å². The van der Waals surface area contributed by atoms with E-state index in [9.17, 15) is 4.39 Å². The van der Waals surface area contributed by atoms with Crippen LogP contribution < -0.4 is 10.5 Å². The minimum Gasteiger partial charge on any atom is -0.490 e. The van der Waals surface area contributed by atoms with E-state index in [0.29, 0.717) is 23.2 Å². The van der Waals surface area contributed by atoms with Gasteiger partial charge in [0.25, 0.3) is 0 Å². The summed E-state index contributed by atoms with van der Waals surface area (Å²) in [5.41, 5.74) is 7.01. The van der Waals surface area contributed by atoms with Crippen molar-refractivity contribution in [3.05, 3.63) is 35.8 Å². The molecule has 0 amide bonds. The molecule has 1 heterocycles. The third-order valence-electron chi connectivity index (χ3n) is 2.36. The van der Waals surface area contributed by atoms with Gasteiger partial charge in [0.15, 0.2) is 0 Å². The molecule has 90 valence electrons. The molecule has 2 rings (SSSR count). The highest BCUT2D eigenvalue weighted by Crippen LogP contribution is 2.27.